The van der Waals surface area contributed by atoms with Crippen LogP contribution in [0.15, 0.2) is 36.4 Å². The van der Waals surface area contributed by atoms with Gasteiger partial charge in [0.25, 0.3) is 5.75 Å². The molecule has 11 heteroatoms. The summed E-state index contributed by atoms with van der Waals surface area (Å²) < 4.78 is 43.9. The molecule has 144 valence electrons. The molecule has 0 amide bonds. The molecule has 0 fully saturated rings. The van der Waals surface area contributed by atoms with E-state index in [2.05, 4.69) is 0 Å². The maximum Gasteiger partial charge on any atom is 0.416 e. The van der Waals surface area contributed by atoms with Crippen molar-refractivity contribution in [2.24, 2.45) is 5.73 Å². The lowest BCUT2D eigenvalue weighted by Crippen LogP contribution is -2.17. The fraction of sp³-hybridized carbons (Fsp3) is 0.250. The molecule has 27 heavy (non-hydrogen) atoms. The Morgan fingerprint density at radius 1 is 1.07 bits per heavy atom. The highest BCUT2D eigenvalue weighted by Gasteiger charge is 2.38. The van der Waals surface area contributed by atoms with Gasteiger partial charge in [0.05, 0.1) is 15.4 Å². The normalized spacial score (nSPS) is 12.5. The molecule has 2 aromatic rings. The first kappa shape index (κ1) is 20.1. The third-order valence-electron chi connectivity index (χ3n) is 3.47. The zero-order valence-electron chi connectivity index (χ0n) is 13.9. The number of benzene rings is 2. The van der Waals surface area contributed by atoms with Crippen LogP contribution >= 0.6 is 0 Å². The minimum atomic E-state index is -4.99. The Kier molecular flexibility index (Phi) is 5.64. The number of ether oxygens (including phenoxy) is 1. The number of nitrogens with zero attached hydrogens (tertiary/aromatic N) is 2. The molecule has 0 bridgehead atoms. The van der Waals surface area contributed by atoms with Gasteiger partial charge in [0.15, 0.2) is 0 Å². The summed E-state index contributed by atoms with van der Waals surface area (Å²) in [5.74, 6) is -0.882. The average molecular weight is 385 g/mol. The van der Waals surface area contributed by atoms with Crippen LogP contribution < -0.4 is 10.5 Å². The van der Waals surface area contributed by atoms with Crippen molar-refractivity contribution in [2.75, 3.05) is 0 Å². The van der Waals surface area contributed by atoms with Crippen molar-refractivity contribution in [3.63, 3.8) is 0 Å². The van der Waals surface area contributed by atoms with Crippen molar-refractivity contribution in [1.82, 2.24) is 0 Å². The first-order valence-corrected chi connectivity index (χ1v) is 7.55. The summed E-state index contributed by atoms with van der Waals surface area (Å²) in [6.07, 6.45) is -4.45. The van der Waals surface area contributed by atoms with Crippen LogP contribution in [0.1, 0.15) is 18.1 Å². The number of hydrogen-bond donors (Lipinski definition) is 1. The second-order valence-electron chi connectivity index (χ2n) is 5.78. The first-order chi connectivity index (χ1) is 12.5. The summed E-state index contributed by atoms with van der Waals surface area (Å²) in [5.41, 5.74) is 2.67. The van der Waals surface area contributed by atoms with Crippen molar-refractivity contribution in [2.45, 2.75) is 25.6 Å². The van der Waals surface area contributed by atoms with E-state index >= 15 is 0 Å². The number of nitro groups is 2. The molecule has 1 unspecified atom stereocenters. The van der Waals surface area contributed by atoms with E-state index in [0.717, 1.165) is 5.56 Å². The topological polar surface area (TPSA) is 122 Å². The van der Waals surface area contributed by atoms with Crippen LogP contribution in [0.3, 0.4) is 0 Å². The minimum Gasteiger partial charge on any atom is -0.444 e. The Hall–Kier alpha value is -3.21. The number of hydrogen-bond acceptors (Lipinski definition) is 6. The number of alkyl halides is 3. The fourth-order valence-corrected chi connectivity index (χ4v) is 2.32. The molecule has 0 aliphatic heterocycles. The highest BCUT2D eigenvalue weighted by atomic mass is 19.4. The van der Waals surface area contributed by atoms with E-state index in [1.54, 1.807) is 19.1 Å². The van der Waals surface area contributed by atoms with Crippen LogP contribution in [0.2, 0.25) is 0 Å². The van der Waals surface area contributed by atoms with Gasteiger partial charge < -0.3 is 10.5 Å². The molecule has 0 aromatic heterocycles. The summed E-state index contributed by atoms with van der Waals surface area (Å²) in [6.45, 7) is 1.79. The predicted molar refractivity (Wildman–Crippen MR) is 88.6 cm³/mol. The molecule has 8 nitrogen and oxygen atoms in total. The SMILES string of the molecule is CC(N)Cc1ccc(Oc2c([N+](=O)[O-])cc(C(F)(F)F)cc2[N+](=O)[O-])cc1. The van der Waals surface area contributed by atoms with E-state index in [0.29, 0.717) is 6.42 Å². The zero-order chi connectivity index (χ0) is 20.4. The van der Waals surface area contributed by atoms with Crippen molar-refractivity contribution in [3.05, 3.63) is 67.8 Å². The smallest absolute Gasteiger partial charge is 0.416 e. The van der Waals surface area contributed by atoms with E-state index in [1.165, 1.54) is 12.1 Å². The summed E-state index contributed by atoms with van der Waals surface area (Å²) in [7, 11) is 0. The van der Waals surface area contributed by atoms with Gasteiger partial charge in [0.2, 0.25) is 0 Å². The zero-order valence-corrected chi connectivity index (χ0v) is 13.9. The van der Waals surface area contributed by atoms with Gasteiger partial charge in [0.1, 0.15) is 5.75 Å². The molecule has 0 spiro atoms. The highest BCUT2D eigenvalue weighted by Crippen LogP contribution is 2.44. The van der Waals surface area contributed by atoms with Crippen molar-refractivity contribution in [1.29, 1.82) is 0 Å². The number of halogens is 3. The minimum absolute atomic E-state index is 0.00520. The lowest BCUT2D eigenvalue weighted by molar-refractivity contribution is -0.396. The van der Waals surface area contributed by atoms with E-state index in [9.17, 15) is 33.4 Å². The van der Waals surface area contributed by atoms with E-state index < -0.39 is 38.7 Å². The monoisotopic (exact) mass is 385 g/mol. The number of rotatable bonds is 6. The molecular weight excluding hydrogens is 371 g/mol. The maximum atomic E-state index is 12.9. The molecule has 0 aliphatic carbocycles. The van der Waals surface area contributed by atoms with Gasteiger partial charge in [-0.25, -0.2) is 0 Å². The summed E-state index contributed by atoms with van der Waals surface area (Å²) >= 11 is 0. The summed E-state index contributed by atoms with van der Waals surface area (Å²) in [6, 6.07) is 6.26. The van der Waals surface area contributed by atoms with Crippen LogP contribution in [0.5, 0.6) is 11.5 Å². The van der Waals surface area contributed by atoms with Crippen LogP contribution in [-0.4, -0.2) is 15.9 Å². The third-order valence-corrected chi connectivity index (χ3v) is 3.47. The van der Waals surface area contributed by atoms with Crippen LogP contribution in [0, 0.1) is 20.2 Å². The Morgan fingerprint density at radius 2 is 1.56 bits per heavy atom. The van der Waals surface area contributed by atoms with Crippen molar-refractivity contribution >= 4 is 11.4 Å². The number of nitro benzene ring substituents is 2. The quantitative estimate of drug-likeness (QED) is 0.587. The van der Waals surface area contributed by atoms with E-state index in [-0.39, 0.29) is 23.9 Å². The van der Waals surface area contributed by atoms with Gasteiger partial charge in [-0.15, -0.1) is 0 Å². The Labute approximate surface area is 150 Å². The molecule has 0 saturated heterocycles. The van der Waals surface area contributed by atoms with Crippen LogP contribution in [0.4, 0.5) is 24.5 Å². The van der Waals surface area contributed by atoms with Crippen LogP contribution in [0.25, 0.3) is 0 Å². The predicted octanol–water partition coefficient (Wildman–Crippen LogP) is 4.20. The molecule has 1 atom stereocenters. The Morgan fingerprint density at radius 3 is 1.93 bits per heavy atom. The molecule has 2 N–H and O–H groups in total. The maximum absolute atomic E-state index is 12.9. The van der Waals surface area contributed by atoms with Gasteiger partial charge in [0, 0.05) is 18.2 Å². The van der Waals surface area contributed by atoms with E-state index in [4.69, 9.17) is 10.5 Å². The van der Waals surface area contributed by atoms with Gasteiger partial charge in [-0.2, -0.15) is 13.2 Å². The molecule has 0 radical (unpaired) electrons. The van der Waals surface area contributed by atoms with Gasteiger partial charge >= 0.3 is 17.6 Å². The first-order valence-electron chi connectivity index (χ1n) is 7.55. The van der Waals surface area contributed by atoms with Gasteiger partial charge in [-0.3, -0.25) is 20.2 Å². The largest absolute Gasteiger partial charge is 0.444 e. The molecule has 0 aliphatic rings. The molecular formula is C16H14F3N3O5. The van der Waals surface area contributed by atoms with Gasteiger partial charge in [-0.1, -0.05) is 12.1 Å². The van der Waals surface area contributed by atoms with Gasteiger partial charge in [-0.05, 0) is 31.0 Å². The molecule has 0 heterocycles. The molecule has 2 aromatic carbocycles. The lowest BCUT2D eigenvalue weighted by Gasteiger charge is -2.11. The molecule has 2 rings (SSSR count). The average Bonchev–Trinajstić information content (AvgIpc) is 2.54. The Bertz CT molecular complexity index is 832. The second kappa shape index (κ2) is 7.58. The van der Waals surface area contributed by atoms with E-state index in [1.807, 2.05) is 0 Å². The lowest BCUT2D eigenvalue weighted by atomic mass is 10.1. The Balaban J connectivity index is 2.51. The highest BCUT2D eigenvalue weighted by molar-refractivity contribution is 5.63. The van der Waals surface area contributed by atoms with Crippen molar-refractivity contribution in [3.8, 4) is 11.5 Å². The summed E-state index contributed by atoms with van der Waals surface area (Å²) in [4.78, 5) is 20.0. The second-order valence-corrected chi connectivity index (χ2v) is 5.78. The number of nitrogens with two attached hydrogens (primary N) is 1. The molecule has 0 saturated carbocycles. The standard InChI is InChI=1S/C16H14F3N3O5/c1-9(20)6-10-2-4-12(5-3-10)27-15-13(21(23)24)7-11(16(17,18)19)8-14(15)22(25)26/h2-5,7-9H,6,20H2,1H3. The van der Waals surface area contributed by atoms with Crippen LogP contribution in [-0.2, 0) is 12.6 Å². The fourth-order valence-electron chi connectivity index (χ4n) is 2.32. The summed E-state index contributed by atoms with van der Waals surface area (Å²) in [5, 5.41) is 22.3. The van der Waals surface area contributed by atoms with Crippen molar-refractivity contribution < 1.29 is 27.8 Å². The third kappa shape index (κ3) is 4.91.